The fraction of sp³-hybridized carbons (Fsp3) is 0.467. The SMILES string of the molecule is CC=CCCCCCOc1cccc(NC)c1F. The van der Waals surface area contributed by atoms with Crippen molar-refractivity contribution in [2.24, 2.45) is 0 Å². The maximum atomic E-state index is 13.8. The van der Waals surface area contributed by atoms with Crippen LogP contribution in [0.4, 0.5) is 10.1 Å². The van der Waals surface area contributed by atoms with Crippen molar-refractivity contribution in [2.75, 3.05) is 19.0 Å². The van der Waals surface area contributed by atoms with E-state index in [1.807, 2.05) is 6.92 Å². The van der Waals surface area contributed by atoms with E-state index in [2.05, 4.69) is 17.5 Å². The normalized spacial score (nSPS) is 10.8. The van der Waals surface area contributed by atoms with Crippen molar-refractivity contribution in [2.45, 2.75) is 32.6 Å². The third kappa shape index (κ3) is 4.78. The molecule has 0 atom stereocenters. The first-order valence-electron chi connectivity index (χ1n) is 6.49. The van der Waals surface area contributed by atoms with Gasteiger partial charge in [0.05, 0.1) is 12.3 Å². The molecule has 18 heavy (non-hydrogen) atoms. The second-order valence-corrected chi connectivity index (χ2v) is 4.13. The van der Waals surface area contributed by atoms with E-state index in [1.165, 1.54) is 0 Å². The monoisotopic (exact) mass is 251 g/mol. The van der Waals surface area contributed by atoms with Gasteiger partial charge in [-0.05, 0) is 44.7 Å². The molecule has 0 radical (unpaired) electrons. The summed E-state index contributed by atoms with van der Waals surface area (Å²) < 4.78 is 19.2. The van der Waals surface area contributed by atoms with Crippen LogP contribution in [0.25, 0.3) is 0 Å². The Kier molecular flexibility index (Phi) is 6.92. The van der Waals surface area contributed by atoms with Crippen molar-refractivity contribution in [1.82, 2.24) is 0 Å². The van der Waals surface area contributed by atoms with Crippen LogP contribution in [0.2, 0.25) is 0 Å². The van der Waals surface area contributed by atoms with Gasteiger partial charge in [0.2, 0.25) is 0 Å². The van der Waals surface area contributed by atoms with Crippen LogP contribution in [0.5, 0.6) is 5.75 Å². The molecule has 0 saturated carbocycles. The van der Waals surface area contributed by atoms with Gasteiger partial charge in [-0.25, -0.2) is 4.39 Å². The van der Waals surface area contributed by atoms with E-state index in [0.717, 1.165) is 25.7 Å². The average molecular weight is 251 g/mol. The van der Waals surface area contributed by atoms with E-state index >= 15 is 0 Å². The number of hydrogen-bond acceptors (Lipinski definition) is 2. The van der Waals surface area contributed by atoms with Crippen LogP contribution >= 0.6 is 0 Å². The second kappa shape index (κ2) is 8.56. The minimum Gasteiger partial charge on any atom is -0.490 e. The van der Waals surface area contributed by atoms with Crippen molar-refractivity contribution in [3.63, 3.8) is 0 Å². The molecule has 0 bridgehead atoms. The first kappa shape index (κ1) is 14.6. The molecule has 0 aliphatic carbocycles. The van der Waals surface area contributed by atoms with Crippen LogP contribution in [0.3, 0.4) is 0 Å². The fourth-order valence-electron chi connectivity index (χ4n) is 1.71. The summed E-state index contributed by atoms with van der Waals surface area (Å²) in [5.74, 6) is 0.0178. The number of ether oxygens (including phenoxy) is 1. The number of allylic oxidation sites excluding steroid dienone is 2. The topological polar surface area (TPSA) is 21.3 Å². The molecular weight excluding hydrogens is 229 g/mol. The summed E-state index contributed by atoms with van der Waals surface area (Å²) in [6, 6.07) is 5.14. The Labute approximate surface area is 109 Å². The highest BCUT2D eigenvalue weighted by Gasteiger charge is 2.07. The first-order chi connectivity index (χ1) is 8.79. The summed E-state index contributed by atoms with van der Waals surface area (Å²) >= 11 is 0. The Morgan fingerprint density at radius 2 is 2.11 bits per heavy atom. The van der Waals surface area contributed by atoms with Crippen molar-refractivity contribution in [3.05, 3.63) is 36.2 Å². The minimum absolute atomic E-state index is 0.311. The Morgan fingerprint density at radius 1 is 1.28 bits per heavy atom. The van der Waals surface area contributed by atoms with Gasteiger partial charge >= 0.3 is 0 Å². The van der Waals surface area contributed by atoms with E-state index in [1.54, 1.807) is 25.2 Å². The number of anilines is 1. The largest absolute Gasteiger partial charge is 0.490 e. The van der Waals surface area contributed by atoms with E-state index in [9.17, 15) is 4.39 Å². The lowest BCUT2D eigenvalue weighted by Crippen LogP contribution is -2.01. The van der Waals surface area contributed by atoms with E-state index in [0.29, 0.717) is 18.0 Å². The van der Waals surface area contributed by atoms with Gasteiger partial charge in [0.15, 0.2) is 11.6 Å². The Hall–Kier alpha value is -1.51. The lowest BCUT2D eigenvalue weighted by atomic mass is 10.2. The van der Waals surface area contributed by atoms with Gasteiger partial charge in [0.1, 0.15) is 0 Å². The van der Waals surface area contributed by atoms with Crippen molar-refractivity contribution in [3.8, 4) is 5.75 Å². The first-order valence-corrected chi connectivity index (χ1v) is 6.49. The number of benzene rings is 1. The summed E-state index contributed by atoms with van der Waals surface area (Å²) in [7, 11) is 1.70. The van der Waals surface area contributed by atoms with Crippen molar-refractivity contribution >= 4 is 5.69 Å². The number of rotatable bonds is 8. The van der Waals surface area contributed by atoms with Crippen LogP contribution in [0, 0.1) is 5.82 Å². The third-order valence-corrected chi connectivity index (χ3v) is 2.74. The molecular formula is C15H22FNO. The summed E-state index contributed by atoms with van der Waals surface area (Å²) in [5, 5.41) is 2.80. The zero-order chi connectivity index (χ0) is 13.2. The molecule has 1 aromatic rings. The lowest BCUT2D eigenvalue weighted by molar-refractivity contribution is 0.291. The standard InChI is InChI=1S/C15H22FNO/c1-3-4-5-6-7-8-12-18-14-11-9-10-13(17-2)15(14)16/h3-4,9-11,17H,5-8,12H2,1-2H3. The molecule has 0 amide bonds. The van der Waals surface area contributed by atoms with Crippen LogP contribution in [-0.4, -0.2) is 13.7 Å². The zero-order valence-corrected chi connectivity index (χ0v) is 11.2. The smallest absolute Gasteiger partial charge is 0.188 e. The molecule has 0 fully saturated rings. The van der Waals surface area contributed by atoms with Gasteiger partial charge in [-0.3, -0.25) is 0 Å². The van der Waals surface area contributed by atoms with Crippen molar-refractivity contribution in [1.29, 1.82) is 0 Å². The van der Waals surface area contributed by atoms with Gasteiger partial charge in [-0.2, -0.15) is 0 Å². The molecule has 2 nitrogen and oxygen atoms in total. The zero-order valence-electron chi connectivity index (χ0n) is 11.2. The van der Waals surface area contributed by atoms with Crippen LogP contribution in [0.1, 0.15) is 32.6 Å². The molecule has 0 aliphatic heterocycles. The van der Waals surface area contributed by atoms with E-state index < -0.39 is 0 Å². The molecule has 100 valence electrons. The number of unbranched alkanes of at least 4 members (excludes halogenated alkanes) is 3. The van der Waals surface area contributed by atoms with Crippen LogP contribution < -0.4 is 10.1 Å². The molecule has 1 N–H and O–H groups in total. The number of nitrogens with one attached hydrogen (secondary N) is 1. The highest BCUT2D eigenvalue weighted by Crippen LogP contribution is 2.24. The quantitative estimate of drug-likeness (QED) is 0.546. The van der Waals surface area contributed by atoms with Gasteiger partial charge in [-0.1, -0.05) is 18.2 Å². The van der Waals surface area contributed by atoms with E-state index in [-0.39, 0.29) is 5.82 Å². The third-order valence-electron chi connectivity index (χ3n) is 2.74. The predicted molar refractivity (Wildman–Crippen MR) is 74.7 cm³/mol. The molecule has 0 aliphatic rings. The molecule has 0 saturated heterocycles. The number of hydrogen-bond donors (Lipinski definition) is 1. The van der Waals surface area contributed by atoms with E-state index in [4.69, 9.17) is 4.74 Å². The maximum Gasteiger partial charge on any atom is 0.188 e. The summed E-state index contributed by atoms with van der Waals surface area (Å²) in [6.07, 6.45) is 8.57. The van der Waals surface area contributed by atoms with Crippen LogP contribution in [-0.2, 0) is 0 Å². The molecule has 1 aromatic carbocycles. The maximum absolute atomic E-state index is 13.8. The highest BCUT2D eigenvalue weighted by molar-refractivity contribution is 5.49. The summed E-state index contributed by atoms with van der Waals surface area (Å²) in [4.78, 5) is 0. The predicted octanol–water partition coefficient (Wildman–Crippen LogP) is 4.38. The van der Waals surface area contributed by atoms with Crippen molar-refractivity contribution < 1.29 is 9.13 Å². The molecule has 3 heteroatoms. The highest BCUT2D eigenvalue weighted by atomic mass is 19.1. The molecule has 0 heterocycles. The average Bonchev–Trinajstić information content (AvgIpc) is 2.39. The Bertz CT molecular complexity index is 377. The van der Waals surface area contributed by atoms with Gasteiger partial charge in [-0.15, -0.1) is 0 Å². The summed E-state index contributed by atoms with van der Waals surface area (Å²) in [6.45, 7) is 2.60. The number of halogens is 1. The molecule has 0 spiro atoms. The Balaban J connectivity index is 2.27. The van der Waals surface area contributed by atoms with Gasteiger partial charge < -0.3 is 10.1 Å². The second-order valence-electron chi connectivity index (χ2n) is 4.13. The minimum atomic E-state index is -0.311. The van der Waals surface area contributed by atoms with Gasteiger partial charge in [0.25, 0.3) is 0 Å². The van der Waals surface area contributed by atoms with Crippen LogP contribution in [0.15, 0.2) is 30.4 Å². The fourth-order valence-corrected chi connectivity index (χ4v) is 1.71. The molecule has 1 rings (SSSR count). The lowest BCUT2D eigenvalue weighted by Gasteiger charge is -2.09. The molecule has 0 unspecified atom stereocenters. The molecule has 0 aromatic heterocycles. The Morgan fingerprint density at radius 3 is 2.83 bits per heavy atom. The summed E-state index contributed by atoms with van der Waals surface area (Å²) in [5.41, 5.74) is 0.473. The van der Waals surface area contributed by atoms with Gasteiger partial charge in [0, 0.05) is 7.05 Å².